The molecule has 0 aliphatic carbocycles. The van der Waals surface area contributed by atoms with Crippen molar-refractivity contribution in [3.8, 4) is 5.75 Å². The number of fused-ring (bicyclic) bond motifs is 1. The van der Waals surface area contributed by atoms with Gasteiger partial charge in [-0.3, -0.25) is 28.9 Å². The summed E-state index contributed by atoms with van der Waals surface area (Å²) >= 11 is 1.79. The molecule has 294 valence electrons. The van der Waals surface area contributed by atoms with E-state index >= 15 is 0 Å². The highest BCUT2D eigenvalue weighted by molar-refractivity contribution is 14.1. The number of carbonyl (C=O) groups is 3. The van der Waals surface area contributed by atoms with Crippen molar-refractivity contribution in [2.75, 3.05) is 57.1 Å². The lowest BCUT2D eigenvalue weighted by Crippen LogP contribution is -2.35. The molecule has 3 atom stereocenters. The quantitative estimate of drug-likeness (QED) is 0.0487. The number of ether oxygens (including phenoxy) is 4. The lowest BCUT2D eigenvalue weighted by molar-refractivity contribution is -0.118. The number of nitrogens with one attached hydrogen (secondary N) is 3. The van der Waals surface area contributed by atoms with Crippen LogP contribution >= 0.6 is 44.2 Å². The van der Waals surface area contributed by atoms with E-state index in [1.54, 1.807) is 52.9 Å². The van der Waals surface area contributed by atoms with Crippen LogP contribution in [0.5, 0.6) is 5.75 Å². The van der Waals surface area contributed by atoms with Gasteiger partial charge in [0.2, 0.25) is 0 Å². The van der Waals surface area contributed by atoms with Crippen LogP contribution in [-0.2, 0) is 19.0 Å². The summed E-state index contributed by atoms with van der Waals surface area (Å²) < 4.78 is 23.3. The number of anilines is 1. The summed E-state index contributed by atoms with van der Waals surface area (Å²) in [6, 6.07) is 12.2. The van der Waals surface area contributed by atoms with Gasteiger partial charge >= 0.3 is 11.8 Å². The first-order valence-corrected chi connectivity index (χ1v) is 20.7. The second-order valence-corrected chi connectivity index (χ2v) is 15.6. The minimum atomic E-state index is -0.932. The first kappa shape index (κ1) is 41.9. The van der Waals surface area contributed by atoms with Gasteiger partial charge in [0, 0.05) is 42.0 Å². The number of hydrogen-bond donors (Lipinski definition) is 4. The van der Waals surface area contributed by atoms with Crippen LogP contribution in [0.25, 0.3) is 11.0 Å². The standard InChI is InChI=1S/C35H40IN7O10S2/c1-3-42(4-2)12-11-37-33(47)27-17-38-26-15-21(5-10-25(26)40-27)39-30(45)20-51-22-6-8-23(9-7-22)55-54-14-13-50-35(49)53-28-16-31(52-29(28)19-44)43-18-24(36)32(46)41-34(43)48/h5-10,15,17-18,28-29,31,44H,3-4,11-14,16,19-20H2,1-2H3,(H,37,47)(H,39,45)(H,41,46,48)/t28-,29+,31+/m0/s1/i36-2. The van der Waals surface area contributed by atoms with Crippen molar-refractivity contribution in [1.82, 2.24) is 29.7 Å². The second kappa shape index (κ2) is 20.6. The number of likely N-dealkylation sites (N-methyl/N-ethyl adjacent to an activating group) is 1. The van der Waals surface area contributed by atoms with Gasteiger partial charge in [-0.1, -0.05) is 35.4 Å². The van der Waals surface area contributed by atoms with E-state index in [0.29, 0.717) is 34.8 Å². The number of benzene rings is 2. The number of halogens is 1. The van der Waals surface area contributed by atoms with Crippen LogP contribution in [0, 0.1) is 3.57 Å². The number of nitrogens with zero attached hydrogens (tertiary/aromatic N) is 4. The van der Waals surface area contributed by atoms with E-state index in [0.717, 1.165) is 24.5 Å². The van der Waals surface area contributed by atoms with Gasteiger partial charge in [0.25, 0.3) is 17.4 Å². The van der Waals surface area contributed by atoms with Crippen LogP contribution < -0.4 is 26.6 Å². The maximum atomic E-state index is 12.6. The summed E-state index contributed by atoms with van der Waals surface area (Å²) in [5.74, 6) is 0.292. The smallest absolute Gasteiger partial charge is 0.484 e. The average molecular weight is 908 g/mol. The molecule has 0 saturated carbocycles. The van der Waals surface area contributed by atoms with Crippen molar-refractivity contribution in [2.45, 2.75) is 43.6 Å². The molecule has 2 aromatic heterocycles. The Labute approximate surface area is 336 Å². The molecular weight excluding hydrogens is 867 g/mol. The summed E-state index contributed by atoms with van der Waals surface area (Å²) in [6.07, 6.45) is -0.660. The van der Waals surface area contributed by atoms with E-state index in [4.69, 9.17) is 18.9 Å². The van der Waals surface area contributed by atoms with E-state index in [9.17, 15) is 29.1 Å². The van der Waals surface area contributed by atoms with Crippen molar-refractivity contribution in [2.24, 2.45) is 0 Å². The van der Waals surface area contributed by atoms with Crippen LogP contribution in [0.1, 0.15) is 37.0 Å². The average Bonchev–Trinajstić information content (AvgIpc) is 3.59. The fourth-order valence-electron chi connectivity index (χ4n) is 5.35. The second-order valence-electron chi connectivity index (χ2n) is 11.9. The third-order valence-corrected chi connectivity index (χ3v) is 11.4. The maximum absolute atomic E-state index is 12.6. The molecule has 0 bridgehead atoms. The van der Waals surface area contributed by atoms with E-state index < -0.39 is 42.4 Å². The van der Waals surface area contributed by atoms with Crippen LogP contribution in [-0.4, -0.2) is 111 Å². The molecule has 20 heteroatoms. The van der Waals surface area contributed by atoms with E-state index in [1.807, 2.05) is 12.1 Å². The van der Waals surface area contributed by atoms with Gasteiger partial charge in [0.1, 0.15) is 36.5 Å². The van der Waals surface area contributed by atoms with Gasteiger partial charge < -0.3 is 39.6 Å². The SMILES string of the molecule is CCN(CC)CCNC(=O)c1cnc2cc(NC(=O)COc3ccc(SSCCOC(=O)O[C@H]4C[C@H](n5cc([125I])c(=O)[nH]c5=O)O[C@@H]4CO)cc3)ccc2n1. The van der Waals surface area contributed by atoms with E-state index in [1.165, 1.54) is 38.5 Å². The Balaban J connectivity index is 0.979. The Kier molecular flexibility index (Phi) is 15.7. The first-order chi connectivity index (χ1) is 26.6. The largest absolute Gasteiger partial charge is 0.508 e. The van der Waals surface area contributed by atoms with Gasteiger partial charge in [-0.25, -0.2) is 14.6 Å². The van der Waals surface area contributed by atoms with Gasteiger partial charge in [0.15, 0.2) is 6.61 Å². The molecule has 3 heterocycles. The molecule has 0 radical (unpaired) electrons. The number of carbonyl (C=O) groups excluding carboxylic acids is 3. The number of hydrogen-bond acceptors (Lipinski definition) is 15. The molecule has 1 aliphatic rings. The van der Waals surface area contributed by atoms with Crippen molar-refractivity contribution in [3.05, 3.63) is 85.0 Å². The van der Waals surface area contributed by atoms with Gasteiger partial charge in [-0.2, -0.15) is 0 Å². The monoisotopic (exact) mass is 907 g/mol. The Bertz CT molecular complexity index is 2070. The molecule has 4 N–H and O–H groups in total. The highest BCUT2D eigenvalue weighted by Gasteiger charge is 2.39. The number of aliphatic hydroxyl groups is 1. The molecule has 1 saturated heterocycles. The highest BCUT2D eigenvalue weighted by atomic mass is 125. The molecule has 55 heavy (non-hydrogen) atoms. The fraction of sp³-hybridized carbons (Fsp3) is 0.400. The number of aromatic nitrogens is 4. The van der Waals surface area contributed by atoms with Crippen LogP contribution in [0.4, 0.5) is 10.5 Å². The summed E-state index contributed by atoms with van der Waals surface area (Å²) in [4.78, 5) is 75.4. The Morgan fingerprint density at radius 3 is 2.65 bits per heavy atom. The zero-order valence-corrected chi connectivity index (χ0v) is 33.7. The third-order valence-electron chi connectivity index (χ3n) is 8.24. The Morgan fingerprint density at radius 1 is 1.13 bits per heavy atom. The lowest BCUT2D eigenvalue weighted by atomic mass is 10.2. The fourth-order valence-corrected chi connectivity index (χ4v) is 7.60. The molecule has 1 fully saturated rings. The number of aliphatic hydroxyl groups excluding tert-OH is 1. The lowest BCUT2D eigenvalue weighted by Gasteiger charge is -2.17. The summed E-state index contributed by atoms with van der Waals surface area (Å²) in [7, 11) is 2.90. The van der Waals surface area contributed by atoms with E-state index in [2.05, 4.69) is 44.3 Å². The maximum Gasteiger partial charge on any atom is 0.508 e. The molecule has 2 aromatic carbocycles. The number of rotatable bonds is 18. The topological polar surface area (TPSA) is 216 Å². The van der Waals surface area contributed by atoms with Crippen molar-refractivity contribution in [3.63, 3.8) is 0 Å². The number of amides is 2. The van der Waals surface area contributed by atoms with Crippen LogP contribution in [0.3, 0.4) is 0 Å². The highest BCUT2D eigenvalue weighted by Crippen LogP contribution is 2.32. The van der Waals surface area contributed by atoms with Crippen molar-refractivity contribution in [1.29, 1.82) is 0 Å². The molecule has 5 rings (SSSR count). The number of aromatic amines is 1. The minimum Gasteiger partial charge on any atom is -0.484 e. The van der Waals surface area contributed by atoms with Crippen LogP contribution in [0.15, 0.2) is 69.3 Å². The molecule has 2 amide bonds. The van der Waals surface area contributed by atoms with Crippen molar-refractivity contribution >= 4 is 78.9 Å². The van der Waals surface area contributed by atoms with Gasteiger partial charge in [-0.05, 0) is 78.1 Å². The van der Waals surface area contributed by atoms with E-state index in [-0.39, 0.29) is 40.7 Å². The predicted molar refractivity (Wildman–Crippen MR) is 214 cm³/mol. The van der Waals surface area contributed by atoms with Crippen molar-refractivity contribution < 1.29 is 38.4 Å². The number of H-pyrrole nitrogens is 1. The summed E-state index contributed by atoms with van der Waals surface area (Å²) in [5, 5.41) is 15.3. The molecular formula is C35H40IN7O10S2. The minimum absolute atomic E-state index is 0.0601. The Hall–Kier alpha value is -4.22. The third kappa shape index (κ3) is 12.1. The summed E-state index contributed by atoms with van der Waals surface area (Å²) in [5.41, 5.74) is 0.589. The zero-order valence-electron chi connectivity index (χ0n) is 29.9. The molecule has 0 unspecified atom stereocenters. The molecule has 4 aromatic rings. The molecule has 17 nitrogen and oxygen atoms in total. The normalized spacial score (nSPS) is 16.6. The zero-order chi connectivity index (χ0) is 39.3. The first-order valence-electron chi connectivity index (χ1n) is 17.3. The van der Waals surface area contributed by atoms with Gasteiger partial charge in [0.05, 0.1) is 27.4 Å². The molecule has 0 spiro atoms. The van der Waals surface area contributed by atoms with Crippen LogP contribution in [0.2, 0.25) is 0 Å². The molecule has 1 aliphatic heterocycles. The Morgan fingerprint density at radius 2 is 1.91 bits per heavy atom. The van der Waals surface area contributed by atoms with Gasteiger partial charge in [-0.15, -0.1) is 0 Å². The predicted octanol–water partition coefficient (Wildman–Crippen LogP) is 3.42. The summed E-state index contributed by atoms with van der Waals surface area (Å²) in [6.45, 7) is 6.62.